The smallest absolute Gasteiger partial charge is 0.410 e. The van der Waals surface area contributed by atoms with Gasteiger partial charge in [0.05, 0.1) is 10.9 Å². The highest BCUT2D eigenvalue weighted by Gasteiger charge is 2.40. The molecule has 4 heterocycles. The number of nitrogens with zero attached hydrogens (tertiary/aromatic N) is 2. The largest absolute Gasteiger partial charge is 0.444 e. The Labute approximate surface area is 187 Å². The van der Waals surface area contributed by atoms with Crippen LogP contribution in [0.4, 0.5) is 9.18 Å². The van der Waals surface area contributed by atoms with E-state index in [9.17, 15) is 17.6 Å². The third-order valence-corrected chi connectivity index (χ3v) is 8.15. The molecule has 2 aromatic carbocycles. The van der Waals surface area contributed by atoms with Crippen LogP contribution in [-0.4, -0.2) is 62.8 Å². The number of piperidine rings is 3. The van der Waals surface area contributed by atoms with E-state index in [0.29, 0.717) is 18.9 Å². The molecule has 0 aliphatic carbocycles. The number of carbonyl (C=O) groups is 1. The number of halogens is 1. The first-order valence-corrected chi connectivity index (χ1v) is 13.0. The van der Waals surface area contributed by atoms with E-state index in [0.717, 1.165) is 49.2 Å². The standard InChI is InChI=1S/C24H27FN2O4S/c1-32(29,30)20-7-4-16-10-13-27(23(21(16)14-20)18-2-5-19(25)6-3-18)24(28)31-22-15-26-11-8-17(22)9-12-26/h2-7,14,17,22-23H,8-13,15H2,1H3/t22-,23+/m1/s1. The third-order valence-electron chi connectivity index (χ3n) is 7.04. The van der Waals surface area contributed by atoms with Gasteiger partial charge in [-0.25, -0.2) is 17.6 Å². The van der Waals surface area contributed by atoms with E-state index in [1.165, 1.54) is 18.4 Å². The molecule has 3 fully saturated rings. The first kappa shape index (κ1) is 21.4. The van der Waals surface area contributed by atoms with E-state index in [1.807, 2.05) is 6.07 Å². The van der Waals surface area contributed by atoms with Crippen molar-refractivity contribution < 1.29 is 22.3 Å². The minimum Gasteiger partial charge on any atom is -0.444 e. The van der Waals surface area contributed by atoms with Gasteiger partial charge in [0, 0.05) is 19.3 Å². The van der Waals surface area contributed by atoms with E-state index in [1.54, 1.807) is 29.2 Å². The second-order valence-electron chi connectivity index (χ2n) is 9.09. The predicted molar refractivity (Wildman–Crippen MR) is 118 cm³/mol. The van der Waals surface area contributed by atoms with Crippen LogP contribution in [0.5, 0.6) is 0 Å². The molecule has 0 radical (unpaired) electrons. The van der Waals surface area contributed by atoms with Crippen molar-refractivity contribution in [3.8, 4) is 0 Å². The zero-order chi connectivity index (χ0) is 22.5. The Bertz CT molecular complexity index is 1130. The van der Waals surface area contributed by atoms with Crippen LogP contribution in [0.3, 0.4) is 0 Å². The number of sulfone groups is 1. The topological polar surface area (TPSA) is 66.9 Å². The lowest BCUT2D eigenvalue weighted by atomic mass is 9.86. The molecule has 8 heteroatoms. The monoisotopic (exact) mass is 458 g/mol. The van der Waals surface area contributed by atoms with Crippen molar-refractivity contribution in [3.63, 3.8) is 0 Å². The van der Waals surface area contributed by atoms with Gasteiger partial charge in [0.1, 0.15) is 11.9 Å². The molecule has 0 spiro atoms. The van der Waals surface area contributed by atoms with Gasteiger partial charge in [-0.2, -0.15) is 0 Å². The highest BCUT2D eigenvalue weighted by atomic mass is 32.2. The quantitative estimate of drug-likeness (QED) is 0.705. The molecule has 4 aliphatic heterocycles. The van der Waals surface area contributed by atoms with Gasteiger partial charge in [-0.15, -0.1) is 0 Å². The molecule has 0 aromatic heterocycles. The molecular formula is C24H27FN2O4S. The first-order chi connectivity index (χ1) is 15.3. The fraction of sp³-hybridized carbons (Fsp3) is 0.458. The molecule has 4 aliphatic rings. The number of fused-ring (bicyclic) bond motifs is 4. The van der Waals surface area contributed by atoms with Crippen molar-refractivity contribution in [3.05, 3.63) is 65.0 Å². The van der Waals surface area contributed by atoms with Crippen LogP contribution >= 0.6 is 0 Å². The number of ether oxygens (including phenoxy) is 1. The summed E-state index contributed by atoms with van der Waals surface area (Å²) in [5.74, 6) is 0.0261. The number of hydrogen-bond donors (Lipinski definition) is 0. The number of amides is 1. The lowest BCUT2D eigenvalue weighted by Crippen LogP contribution is -2.53. The van der Waals surface area contributed by atoms with Crippen molar-refractivity contribution in [2.75, 3.05) is 32.4 Å². The number of hydrogen-bond acceptors (Lipinski definition) is 5. The maximum absolute atomic E-state index is 13.6. The van der Waals surface area contributed by atoms with Crippen molar-refractivity contribution >= 4 is 15.9 Å². The highest BCUT2D eigenvalue weighted by molar-refractivity contribution is 7.90. The van der Waals surface area contributed by atoms with Crippen LogP contribution in [0, 0.1) is 11.7 Å². The molecule has 170 valence electrons. The van der Waals surface area contributed by atoms with Crippen LogP contribution in [0.25, 0.3) is 0 Å². The number of carbonyl (C=O) groups excluding carboxylic acids is 1. The summed E-state index contributed by atoms with van der Waals surface area (Å²) in [6.45, 7) is 3.33. The summed E-state index contributed by atoms with van der Waals surface area (Å²) >= 11 is 0. The molecule has 2 bridgehead atoms. The lowest BCUT2D eigenvalue weighted by Gasteiger charge is -2.45. The van der Waals surface area contributed by atoms with Crippen molar-refractivity contribution in [1.82, 2.24) is 9.80 Å². The predicted octanol–water partition coefficient (Wildman–Crippen LogP) is 3.41. The Morgan fingerprint density at radius 2 is 1.78 bits per heavy atom. The molecule has 2 atom stereocenters. The Kier molecular flexibility index (Phi) is 5.45. The summed E-state index contributed by atoms with van der Waals surface area (Å²) in [6, 6.07) is 10.6. The van der Waals surface area contributed by atoms with E-state index in [-0.39, 0.29) is 16.8 Å². The van der Waals surface area contributed by atoms with Gasteiger partial charge in [0.2, 0.25) is 0 Å². The average molecular weight is 459 g/mol. The molecule has 0 unspecified atom stereocenters. The van der Waals surface area contributed by atoms with Crippen molar-refractivity contribution in [2.24, 2.45) is 5.92 Å². The van der Waals surface area contributed by atoms with E-state index in [4.69, 9.17) is 4.74 Å². The van der Waals surface area contributed by atoms with Gasteiger partial charge in [-0.3, -0.25) is 9.80 Å². The van der Waals surface area contributed by atoms with Crippen LogP contribution in [-0.2, 0) is 21.0 Å². The number of rotatable bonds is 3. The molecule has 2 aromatic rings. The van der Waals surface area contributed by atoms with Gasteiger partial charge in [0.25, 0.3) is 0 Å². The molecule has 6 rings (SSSR count). The van der Waals surface area contributed by atoms with Crippen LogP contribution in [0.2, 0.25) is 0 Å². The van der Waals surface area contributed by atoms with Crippen LogP contribution in [0.1, 0.15) is 35.6 Å². The summed E-state index contributed by atoms with van der Waals surface area (Å²) in [6.07, 6.45) is 3.34. The molecule has 6 nitrogen and oxygen atoms in total. The third kappa shape index (κ3) is 4.01. The summed E-state index contributed by atoms with van der Waals surface area (Å²) < 4.78 is 44.0. The molecule has 3 saturated heterocycles. The van der Waals surface area contributed by atoms with Gasteiger partial charge in [-0.05, 0) is 79.2 Å². The minimum atomic E-state index is -3.42. The first-order valence-electron chi connectivity index (χ1n) is 11.1. The Morgan fingerprint density at radius 3 is 2.41 bits per heavy atom. The maximum Gasteiger partial charge on any atom is 0.410 e. The SMILES string of the molecule is CS(=O)(=O)c1ccc2c(c1)[C@H](c1ccc(F)cc1)N(C(=O)O[C@@H]1CN3CCC1CC3)CC2. The number of benzene rings is 2. The second-order valence-corrected chi connectivity index (χ2v) is 11.1. The Hall–Kier alpha value is -2.45. The van der Waals surface area contributed by atoms with Gasteiger partial charge < -0.3 is 4.74 Å². The summed E-state index contributed by atoms with van der Waals surface area (Å²) in [4.78, 5) is 17.6. The van der Waals surface area contributed by atoms with Gasteiger partial charge >= 0.3 is 6.09 Å². The lowest BCUT2D eigenvalue weighted by molar-refractivity contribution is -0.0462. The fourth-order valence-electron chi connectivity index (χ4n) is 5.27. The van der Waals surface area contributed by atoms with Crippen LogP contribution < -0.4 is 0 Å². The normalized spacial score (nSPS) is 27.1. The highest BCUT2D eigenvalue weighted by Crippen LogP contribution is 2.38. The zero-order valence-corrected chi connectivity index (χ0v) is 18.9. The van der Waals surface area contributed by atoms with E-state index >= 15 is 0 Å². The molecule has 0 saturated carbocycles. The molecule has 0 N–H and O–H groups in total. The second kappa shape index (κ2) is 8.15. The van der Waals surface area contributed by atoms with E-state index < -0.39 is 22.0 Å². The fourth-order valence-corrected chi connectivity index (χ4v) is 5.92. The Balaban J connectivity index is 1.50. The van der Waals surface area contributed by atoms with Gasteiger partial charge in [0.15, 0.2) is 9.84 Å². The van der Waals surface area contributed by atoms with Crippen LogP contribution in [0.15, 0.2) is 47.4 Å². The molecular weight excluding hydrogens is 431 g/mol. The zero-order valence-electron chi connectivity index (χ0n) is 18.0. The van der Waals surface area contributed by atoms with E-state index in [2.05, 4.69) is 4.90 Å². The Morgan fingerprint density at radius 1 is 1.06 bits per heavy atom. The summed E-state index contributed by atoms with van der Waals surface area (Å²) in [7, 11) is -3.42. The van der Waals surface area contributed by atoms with Crippen molar-refractivity contribution in [2.45, 2.75) is 36.3 Å². The van der Waals surface area contributed by atoms with Crippen molar-refractivity contribution in [1.29, 1.82) is 0 Å². The maximum atomic E-state index is 13.6. The summed E-state index contributed by atoms with van der Waals surface area (Å²) in [5.41, 5.74) is 2.46. The average Bonchev–Trinajstić information content (AvgIpc) is 2.79. The molecule has 1 amide bonds. The van der Waals surface area contributed by atoms with Gasteiger partial charge in [-0.1, -0.05) is 18.2 Å². The molecule has 32 heavy (non-hydrogen) atoms. The summed E-state index contributed by atoms with van der Waals surface area (Å²) in [5, 5.41) is 0. The minimum absolute atomic E-state index is 0.123.